The molecule has 1 radical (unpaired) electrons. The minimum atomic E-state index is -0.247. The third-order valence-electron chi connectivity index (χ3n) is 3.54. The van der Waals surface area contributed by atoms with Crippen LogP contribution in [0.3, 0.4) is 0 Å². The van der Waals surface area contributed by atoms with Gasteiger partial charge in [0.15, 0.2) is 0 Å². The summed E-state index contributed by atoms with van der Waals surface area (Å²) >= 11 is 0. The Hall–Kier alpha value is -0.113. The van der Waals surface area contributed by atoms with E-state index >= 15 is 0 Å². The van der Waals surface area contributed by atoms with E-state index in [1.807, 2.05) is 0 Å². The van der Waals surface area contributed by atoms with E-state index in [4.69, 9.17) is 0 Å². The molecule has 0 aromatic rings. The average molecular weight is 195 g/mol. The monoisotopic (exact) mass is 195 g/mol. The molecule has 1 unspecified atom stereocenters. The Morgan fingerprint density at radius 2 is 1.77 bits per heavy atom. The van der Waals surface area contributed by atoms with Crippen LogP contribution in [0, 0.1) is 0 Å². The van der Waals surface area contributed by atoms with Crippen molar-refractivity contribution < 1.29 is 4.79 Å². The van der Waals surface area contributed by atoms with E-state index in [1.54, 1.807) is 0 Å². The van der Waals surface area contributed by atoms with Crippen molar-refractivity contribution in [3.63, 3.8) is 0 Å². The molecule has 2 fully saturated rings. The topological polar surface area (TPSA) is 17.1 Å². The van der Waals surface area contributed by atoms with Crippen LogP contribution in [0.1, 0.15) is 44.9 Å². The number of rotatable bonds is 1. The second kappa shape index (κ2) is 4.40. The summed E-state index contributed by atoms with van der Waals surface area (Å²) in [5.41, 5.74) is 0.569. The van der Waals surface area contributed by atoms with Crippen LogP contribution in [-0.4, -0.2) is 14.6 Å². The van der Waals surface area contributed by atoms with Crippen molar-refractivity contribution >= 4 is 14.6 Å². The van der Waals surface area contributed by atoms with Crippen LogP contribution in [-0.2, 0) is 4.79 Å². The Morgan fingerprint density at radius 3 is 2.46 bits per heavy atom. The van der Waals surface area contributed by atoms with Crippen molar-refractivity contribution in [2.24, 2.45) is 0 Å². The molecule has 1 heterocycles. The third kappa shape index (κ3) is 2.22. The van der Waals surface area contributed by atoms with Crippen molar-refractivity contribution in [1.29, 1.82) is 0 Å². The van der Waals surface area contributed by atoms with Gasteiger partial charge in [-0.3, -0.25) is 4.79 Å². The average Bonchev–Trinajstić information content (AvgIpc) is 2.20. The smallest absolute Gasteiger partial charge is 0.133 e. The molecule has 2 rings (SSSR count). The summed E-state index contributed by atoms with van der Waals surface area (Å²) in [6.07, 6.45) is 8.90. The Balaban J connectivity index is 1.92. The third-order valence-corrected chi connectivity index (χ3v) is 7.13. The van der Waals surface area contributed by atoms with Gasteiger partial charge in [0, 0.05) is 12.0 Å². The van der Waals surface area contributed by atoms with Gasteiger partial charge in [0.2, 0.25) is 0 Å². The molecule has 13 heavy (non-hydrogen) atoms. The Bertz CT molecular complexity index is 185. The lowest BCUT2D eigenvalue weighted by molar-refractivity contribution is -0.120. The van der Waals surface area contributed by atoms with Crippen LogP contribution in [0.5, 0.6) is 0 Å². The van der Waals surface area contributed by atoms with Crippen molar-refractivity contribution in [2.75, 3.05) is 0 Å². The van der Waals surface area contributed by atoms with Crippen LogP contribution in [0.15, 0.2) is 0 Å². The zero-order valence-electron chi connectivity index (χ0n) is 8.35. The maximum atomic E-state index is 11.7. The maximum Gasteiger partial charge on any atom is 0.133 e. The van der Waals surface area contributed by atoms with Crippen LogP contribution in [0.25, 0.3) is 0 Å². The Morgan fingerprint density at radius 1 is 1.00 bits per heavy atom. The summed E-state index contributed by atoms with van der Waals surface area (Å²) < 4.78 is 0. The molecular formula is C11H19OSi. The zero-order chi connectivity index (χ0) is 9.10. The maximum absolute atomic E-state index is 11.7. The number of Topliss-reactive ketones (excluding diaryl/α,β-unsaturated/α-hetero) is 1. The molecule has 1 aliphatic carbocycles. The first kappa shape index (κ1) is 9.44. The second-order valence-electron chi connectivity index (χ2n) is 4.48. The molecule has 1 saturated heterocycles. The fourth-order valence-corrected chi connectivity index (χ4v) is 6.34. The molecule has 1 atom stereocenters. The predicted octanol–water partition coefficient (Wildman–Crippen LogP) is 3.18. The van der Waals surface area contributed by atoms with E-state index in [0.717, 1.165) is 6.42 Å². The minimum Gasteiger partial charge on any atom is -0.300 e. The molecule has 1 saturated carbocycles. The molecule has 0 amide bonds. The van der Waals surface area contributed by atoms with Crippen molar-refractivity contribution in [3.8, 4) is 0 Å². The molecule has 2 aliphatic rings. The van der Waals surface area contributed by atoms with E-state index in [1.165, 1.54) is 50.6 Å². The van der Waals surface area contributed by atoms with Gasteiger partial charge >= 0.3 is 0 Å². The zero-order valence-corrected chi connectivity index (χ0v) is 9.35. The highest BCUT2D eigenvalue weighted by Crippen LogP contribution is 2.35. The number of hydrogen-bond donors (Lipinski definition) is 0. The molecule has 73 valence electrons. The Kier molecular flexibility index (Phi) is 3.20. The first-order chi connectivity index (χ1) is 6.38. The van der Waals surface area contributed by atoms with E-state index in [2.05, 4.69) is 0 Å². The van der Waals surface area contributed by atoms with E-state index < -0.39 is 0 Å². The largest absolute Gasteiger partial charge is 0.300 e. The lowest BCUT2D eigenvalue weighted by Crippen LogP contribution is -2.30. The molecule has 1 nitrogen and oxygen atoms in total. The number of ketones is 1. The molecule has 0 aromatic carbocycles. The van der Waals surface area contributed by atoms with Gasteiger partial charge in [-0.15, -0.1) is 0 Å². The number of carbonyl (C=O) groups excluding carboxylic acids is 1. The quantitative estimate of drug-likeness (QED) is 0.587. The lowest BCUT2D eigenvalue weighted by atomic mass is 9.99. The summed E-state index contributed by atoms with van der Waals surface area (Å²) in [4.78, 5) is 11.7. The van der Waals surface area contributed by atoms with E-state index in [0.29, 0.717) is 11.3 Å². The first-order valence-electron chi connectivity index (χ1n) is 5.75. The molecule has 0 bridgehead atoms. The Labute approximate surface area is 82.5 Å². The molecule has 1 aliphatic heterocycles. The van der Waals surface area contributed by atoms with Gasteiger partial charge in [0.25, 0.3) is 0 Å². The van der Waals surface area contributed by atoms with Crippen molar-refractivity contribution in [2.45, 2.75) is 62.6 Å². The highest BCUT2D eigenvalue weighted by Gasteiger charge is 2.31. The first-order valence-corrected chi connectivity index (χ1v) is 7.74. The van der Waals surface area contributed by atoms with E-state index in [9.17, 15) is 4.79 Å². The van der Waals surface area contributed by atoms with Crippen LogP contribution in [0.4, 0.5) is 0 Å². The summed E-state index contributed by atoms with van der Waals surface area (Å²) in [5.74, 6) is 0.627. The van der Waals surface area contributed by atoms with Crippen molar-refractivity contribution in [3.05, 3.63) is 0 Å². The van der Waals surface area contributed by atoms with Gasteiger partial charge in [-0.2, -0.15) is 0 Å². The van der Waals surface area contributed by atoms with E-state index in [-0.39, 0.29) is 8.80 Å². The number of carbonyl (C=O) groups is 1. The van der Waals surface area contributed by atoms with Gasteiger partial charge in [-0.1, -0.05) is 37.8 Å². The normalized spacial score (nSPS) is 32.0. The second-order valence-corrected chi connectivity index (χ2v) is 7.50. The molecule has 0 N–H and O–H groups in total. The fraction of sp³-hybridized carbons (Fsp3) is 0.909. The molecule has 2 heteroatoms. The van der Waals surface area contributed by atoms with Gasteiger partial charge in [0.1, 0.15) is 5.78 Å². The predicted molar refractivity (Wildman–Crippen MR) is 56.4 cm³/mol. The number of hydrogen-bond acceptors (Lipinski definition) is 1. The van der Waals surface area contributed by atoms with Crippen LogP contribution < -0.4 is 0 Å². The summed E-state index contributed by atoms with van der Waals surface area (Å²) in [5, 5.41) is 0. The summed E-state index contributed by atoms with van der Waals surface area (Å²) in [6, 6.07) is 2.86. The summed E-state index contributed by atoms with van der Waals surface area (Å²) in [6.45, 7) is 0. The fourth-order valence-electron chi connectivity index (χ4n) is 2.77. The van der Waals surface area contributed by atoms with Gasteiger partial charge in [-0.05, 0) is 12.8 Å². The minimum absolute atomic E-state index is 0.247. The molecule has 0 aromatic heterocycles. The molecular weight excluding hydrogens is 176 g/mol. The standard InChI is InChI=1S/C11H19OSi/c12-10-6-2-3-7-11(10)13-8-4-1-5-9-13/h11H,1-9H2. The van der Waals surface area contributed by atoms with Gasteiger partial charge < -0.3 is 0 Å². The van der Waals surface area contributed by atoms with Gasteiger partial charge in [-0.25, -0.2) is 0 Å². The highest BCUT2D eigenvalue weighted by molar-refractivity contribution is 6.64. The van der Waals surface area contributed by atoms with Crippen molar-refractivity contribution in [1.82, 2.24) is 0 Å². The van der Waals surface area contributed by atoms with Crippen LogP contribution in [0.2, 0.25) is 17.6 Å². The lowest BCUT2D eigenvalue weighted by Gasteiger charge is -2.30. The highest BCUT2D eigenvalue weighted by atomic mass is 28.3. The SMILES string of the molecule is O=C1CCCCC1[Si]1CCCCC1. The van der Waals surface area contributed by atoms with Gasteiger partial charge in [0.05, 0.1) is 8.80 Å². The summed E-state index contributed by atoms with van der Waals surface area (Å²) in [7, 11) is -0.247. The van der Waals surface area contributed by atoms with Crippen LogP contribution >= 0.6 is 0 Å². The molecule has 0 spiro atoms.